The van der Waals surface area contributed by atoms with Gasteiger partial charge in [0.05, 0.1) is 6.04 Å². The Morgan fingerprint density at radius 1 is 1.09 bits per heavy atom. The first-order valence-corrected chi connectivity index (χ1v) is 7.46. The number of carbonyl (C=O) groups excluding carboxylic acids is 1. The van der Waals surface area contributed by atoms with Gasteiger partial charge < -0.3 is 15.4 Å². The molecule has 0 aliphatic carbocycles. The van der Waals surface area contributed by atoms with Crippen molar-refractivity contribution in [2.75, 3.05) is 13.6 Å². The molecule has 0 saturated heterocycles. The van der Waals surface area contributed by atoms with Crippen molar-refractivity contribution in [1.29, 1.82) is 0 Å². The van der Waals surface area contributed by atoms with E-state index in [-0.39, 0.29) is 24.4 Å². The van der Waals surface area contributed by atoms with E-state index in [1.807, 2.05) is 68.6 Å². The summed E-state index contributed by atoms with van der Waals surface area (Å²) < 4.78 is 5.93. The van der Waals surface area contributed by atoms with E-state index in [1.165, 1.54) is 0 Å². The summed E-state index contributed by atoms with van der Waals surface area (Å²) in [6.07, 6.45) is 0.461. The van der Waals surface area contributed by atoms with Crippen molar-refractivity contribution in [3.05, 3.63) is 60.2 Å². The van der Waals surface area contributed by atoms with Crippen molar-refractivity contribution in [1.82, 2.24) is 10.6 Å². The Labute approximate surface area is 143 Å². The Kier molecular flexibility index (Phi) is 8.16. The second-order valence-corrected chi connectivity index (χ2v) is 5.10. The number of hydrogen-bond acceptors (Lipinski definition) is 3. The van der Waals surface area contributed by atoms with Crippen molar-refractivity contribution in [2.45, 2.75) is 19.4 Å². The first kappa shape index (κ1) is 19.0. The van der Waals surface area contributed by atoms with E-state index in [1.54, 1.807) is 0 Å². The number of nitrogens with one attached hydrogen (secondary N) is 2. The molecule has 0 aromatic heterocycles. The lowest BCUT2D eigenvalue weighted by Crippen LogP contribution is -2.29. The summed E-state index contributed by atoms with van der Waals surface area (Å²) in [5, 5.41) is 5.97. The largest absolute Gasteiger partial charge is 0.457 e. The van der Waals surface area contributed by atoms with Gasteiger partial charge in [0, 0.05) is 18.5 Å². The van der Waals surface area contributed by atoms with Crippen molar-refractivity contribution in [3.63, 3.8) is 0 Å². The maximum atomic E-state index is 11.9. The monoisotopic (exact) mass is 334 g/mol. The second kappa shape index (κ2) is 9.87. The van der Waals surface area contributed by atoms with Gasteiger partial charge in [0.15, 0.2) is 0 Å². The van der Waals surface area contributed by atoms with E-state index < -0.39 is 0 Å². The molecule has 2 aromatic rings. The molecular formula is C18H23ClN2O2. The lowest BCUT2D eigenvalue weighted by molar-refractivity contribution is -0.121. The molecule has 0 saturated carbocycles. The fraction of sp³-hybridized carbons (Fsp3) is 0.278. The highest BCUT2D eigenvalue weighted by Crippen LogP contribution is 2.29. The minimum Gasteiger partial charge on any atom is -0.457 e. The molecule has 5 heteroatoms. The van der Waals surface area contributed by atoms with E-state index in [0.29, 0.717) is 13.0 Å². The molecule has 0 aliphatic rings. The van der Waals surface area contributed by atoms with Crippen molar-refractivity contribution >= 4 is 18.3 Å². The molecular weight excluding hydrogens is 312 g/mol. The van der Waals surface area contributed by atoms with Gasteiger partial charge in [-0.1, -0.05) is 36.4 Å². The Balaban J connectivity index is 0.00000264. The number of hydrogen-bond donors (Lipinski definition) is 2. The zero-order valence-corrected chi connectivity index (χ0v) is 14.2. The third kappa shape index (κ3) is 5.93. The van der Waals surface area contributed by atoms with Gasteiger partial charge in [0.25, 0.3) is 0 Å². The Morgan fingerprint density at radius 3 is 2.43 bits per heavy atom. The SMILES string of the molecule is CNCCC(=O)NC(C)c1ccccc1Oc1ccccc1.Cl. The highest BCUT2D eigenvalue weighted by atomic mass is 35.5. The number of para-hydroxylation sites is 2. The molecule has 124 valence electrons. The third-order valence-electron chi connectivity index (χ3n) is 3.34. The maximum absolute atomic E-state index is 11.9. The normalized spacial score (nSPS) is 11.2. The van der Waals surface area contributed by atoms with Crippen molar-refractivity contribution in [3.8, 4) is 11.5 Å². The van der Waals surface area contributed by atoms with Crippen LogP contribution in [0.25, 0.3) is 0 Å². The van der Waals surface area contributed by atoms with Crippen LogP contribution in [0.3, 0.4) is 0 Å². The quantitative estimate of drug-likeness (QED) is 0.812. The molecule has 0 radical (unpaired) electrons. The van der Waals surface area contributed by atoms with Gasteiger partial charge in [0.2, 0.25) is 5.91 Å². The highest BCUT2D eigenvalue weighted by molar-refractivity contribution is 5.85. The summed E-state index contributed by atoms with van der Waals surface area (Å²) in [5.74, 6) is 1.56. The zero-order valence-electron chi connectivity index (χ0n) is 13.4. The number of rotatable bonds is 7. The highest BCUT2D eigenvalue weighted by Gasteiger charge is 2.14. The van der Waals surface area contributed by atoms with Crippen molar-refractivity contribution < 1.29 is 9.53 Å². The third-order valence-corrected chi connectivity index (χ3v) is 3.34. The van der Waals surface area contributed by atoms with Crippen LogP contribution in [0.5, 0.6) is 11.5 Å². The fourth-order valence-corrected chi connectivity index (χ4v) is 2.18. The van der Waals surface area contributed by atoms with Gasteiger partial charge in [-0.2, -0.15) is 0 Å². The van der Waals surface area contributed by atoms with E-state index in [2.05, 4.69) is 10.6 Å². The number of ether oxygens (including phenoxy) is 1. The molecule has 2 aromatic carbocycles. The molecule has 23 heavy (non-hydrogen) atoms. The summed E-state index contributed by atoms with van der Waals surface area (Å²) in [6.45, 7) is 2.63. The lowest BCUT2D eigenvalue weighted by Gasteiger charge is -2.18. The van der Waals surface area contributed by atoms with Crippen LogP contribution in [0.15, 0.2) is 54.6 Å². The Morgan fingerprint density at radius 2 is 1.74 bits per heavy atom. The molecule has 1 unspecified atom stereocenters. The average Bonchev–Trinajstić information content (AvgIpc) is 2.54. The molecule has 1 atom stereocenters. The van der Waals surface area contributed by atoms with Crippen LogP contribution in [0, 0.1) is 0 Å². The van der Waals surface area contributed by atoms with Crippen LogP contribution in [0.4, 0.5) is 0 Å². The first-order valence-electron chi connectivity index (χ1n) is 7.46. The molecule has 0 heterocycles. The zero-order chi connectivity index (χ0) is 15.8. The van der Waals surface area contributed by atoms with Crippen LogP contribution in [-0.2, 0) is 4.79 Å². The summed E-state index contributed by atoms with van der Waals surface area (Å²) in [5.41, 5.74) is 0.962. The topological polar surface area (TPSA) is 50.4 Å². The summed E-state index contributed by atoms with van der Waals surface area (Å²) in [4.78, 5) is 11.9. The van der Waals surface area contributed by atoms with E-state index in [4.69, 9.17) is 4.74 Å². The summed E-state index contributed by atoms with van der Waals surface area (Å²) in [6, 6.07) is 17.3. The standard InChI is InChI=1S/C18H22N2O2.ClH/c1-14(20-18(21)12-13-19-2)16-10-6-7-11-17(16)22-15-8-4-3-5-9-15;/h3-11,14,19H,12-13H2,1-2H3,(H,20,21);1H. The van der Waals surface area contributed by atoms with Gasteiger partial charge in [-0.05, 0) is 32.2 Å². The van der Waals surface area contributed by atoms with E-state index >= 15 is 0 Å². The molecule has 1 amide bonds. The maximum Gasteiger partial charge on any atom is 0.221 e. The minimum absolute atomic E-state index is 0. The molecule has 2 rings (SSSR count). The van der Waals surface area contributed by atoms with Crippen LogP contribution < -0.4 is 15.4 Å². The Bertz CT molecular complexity index is 605. The smallest absolute Gasteiger partial charge is 0.221 e. The number of amides is 1. The van der Waals surface area contributed by atoms with Gasteiger partial charge >= 0.3 is 0 Å². The number of carbonyl (C=O) groups is 1. The van der Waals surface area contributed by atoms with E-state index in [9.17, 15) is 4.79 Å². The van der Waals surface area contributed by atoms with Crippen LogP contribution in [0.2, 0.25) is 0 Å². The number of benzene rings is 2. The molecule has 0 aliphatic heterocycles. The molecule has 2 N–H and O–H groups in total. The first-order chi connectivity index (χ1) is 10.7. The van der Waals surface area contributed by atoms with Gasteiger partial charge in [0.1, 0.15) is 11.5 Å². The lowest BCUT2D eigenvalue weighted by atomic mass is 10.1. The van der Waals surface area contributed by atoms with Gasteiger partial charge in [-0.3, -0.25) is 4.79 Å². The molecule has 0 bridgehead atoms. The van der Waals surface area contributed by atoms with Crippen molar-refractivity contribution in [2.24, 2.45) is 0 Å². The van der Waals surface area contributed by atoms with Crippen LogP contribution in [-0.4, -0.2) is 19.5 Å². The van der Waals surface area contributed by atoms with Gasteiger partial charge in [-0.15, -0.1) is 12.4 Å². The predicted octanol–water partition coefficient (Wildman–Crippen LogP) is 3.69. The predicted molar refractivity (Wildman–Crippen MR) is 95.3 cm³/mol. The van der Waals surface area contributed by atoms with Gasteiger partial charge in [-0.25, -0.2) is 0 Å². The molecule has 0 fully saturated rings. The van der Waals surface area contributed by atoms with E-state index in [0.717, 1.165) is 17.1 Å². The molecule has 4 nitrogen and oxygen atoms in total. The average molecular weight is 335 g/mol. The second-order valence-electron chi connectivity index (χ2n) is 5.10. The Hall–Kier alpha value is -2.04. The summed E-state index contributed by atoms with van der Waals surface area (Å²) >= 11 is 0. The molecule has 0 spiro atoms. The number of halogens is 1. The van der Waals surface area contributed by atoms with Crippen LogP contribution >= 0.6 is 12.4 Å². The minimum atomic E-state index is -0.107. The fourth-order valence-electron chi connectivity index (χ4n) is 2.18. The van der Waals surface area contributed by atoms with Crippen LogP contribution in [0.1, 0.15) is 24.9 Å². The summed E-state index contributed by atoms with van der Waals surface area (Å²) in [7, 11) is 1.83.